The van der Waals surface area contributed by atoms with E-state index < -0.39 is 15.6 Å². The summed E-state index contributed by atoms with van der Waals surface area (Å²) >= 11 is 0. The van der Waals surface area contributed by atoms with Gasteiger partial charge < -0.3 is 10.3 Å². The molecule has 0 bridgehead atoms. The van der Waals surface area contributed by atoms with Crippen LogP contribution in [0, 0.1) is 6.92 Å². The SMILES string of the molecule is Cc1c(S(=O)(=O)NCC(C)(C)N)c2ccccc2n1C. The highest BCUT2D eigenvalue weighted by Gasteiger charge is 2.25. The Morgan fingerprint density at radius 3 is 2.50 bits per heavy atom. The first kappa shape index (κ1) is 15.0. The van der Waals surface area contributed by atoms with E-state index in [1.165, 1.54) is 0 Å². The fourth-order valence-electron chi connectivity index (χ4n) is 2.18. The van der Waals surface area contributed by atoms with Crippen LogP contribution < -0.4 is 10.5 Å². The fourth-order valence-corrected chi connectivity index (χ4v) is 3.87. The van der Waals surface area contributed by atoms with Gasteiger partial charge >= 0.3 is 0 Å². The van der Waals surface area contributed by atoms with Crippen LogP contribution in [0.5, 0.6) is 0 Å². The predicted octanol–water partition coefficient (Wildman–Crippen LogP) is 1.50. The van der Waals surface area contributed by atoms with E-state index in [1.54, 1.807) is 13.8 Å². The smallest absolute Gasteiger partial charge is 0.243 e. The Morgan fingerprint density at radius 2 is 1.90 bits per heavy atom. The van der Waals surface area contributed by atoms with Gasteiger partial charge in [-0.25, -0.2) is 13.1 Å². The van der Waals surface area contributed by atoms with E-state index in [1.807, 2.05) is 42.8 Å². The Hall–Kier alpha value is -1.37. The molecule has 1 heterocycles. The van der Waals surface area contributed by atoms with Gasteiger partial charge in [0.05, 0.1) is 0 Å². The molecule has 0 aliphatic rings. The van der Waals surface area contributed by atoms with Crippen molar-refractivity contribution in [2.75, 3.05) is 6.54 Å². The summed E-state index contributed by atoms with van der Waals surface area (Å²) in [6, 6.07) is 7.47. The molecular formula is C14H21N3O2S. The predicted molar refractivity (Wildman–Crippen MR) is 81.1 cm³/mol. The van der Waals surface area contributed by atoms with Gasteiger partial charge in [0.25, 0.3) is 0 Å². The van der Waals surface area contributed by atoms with Crippen LogP contribution in [0.1, 0.15) is 19.5 Å². The molecule has 6 heteroatoms. The molecule has 1 aromatic heterocycles. The van der Waals surface area contributed by atoms with Crippen LogP contribution in [-0.4, -0.2) is 25.1 Å². The van der Waals surface area contributed by atoms with Gasteiger partial charge in [0, 0.05) is 35.7 Å². The van der Waals surface area contributed by atoms with E-state index in [2.05, 4.69) is 4.72 Å². The van der Waals surface area contributed by atoms with E-state index in [-0.39, 0.29) is 6.54 Å². The monoisotopic (exact) mass is 295 g/mol. The zero-order chi connectivity index (χ0) is 15.1. The lowest BCUT2D eigenvalue weighted by atomic mass is 10.1. The summed E-state index contributed by atoms with van der Waals surface area (Å²) in [4.78, 5) is 0.333. The first-order valence-electron chi connectivity index (χ1n) is 6.46. The zero-order valence-corrected chi connectivity index (χ0v) is 13.1. The maximum absolute atomic E-state index is 12.5. The van der Waals surface area contributed by atoms with Gasteiger partial charge in [-0.15, -0.1) is 0 Å². The number of nitrogens with two attached hydrogens (primary N) is 1. The number of aryl methyl sites for hydroxylation is 1. The van der Waals surface area contributed by atoms with Crippen molar-refractivity contribution >= 4 is 20.9 Å². The highest BCUT2D eigenvalue weighted by Crippen LogP contribution is 2.28. The summed E-state index contributed by atoms with van der Waals surface area (Å²) in [5, 5.41) is 0.731. The lowest BCUT2D eigenvalue weighted by Gasteiger charge is -2.19. The van der Waals surface area contributed by atoms with E-state index in [9.17, 15) is 8.42 Å². The van der Waals surface area contributed by atoms with Gasteiger partial charge in [-0.3, -0.25) is 0 Å². The van der Waals surface area contributed by atoms with Gasteiger partial charge in [-0.2, -0.15) is 0 Å². The van der Waals surface area contributed by atoms with Crippen molar-refractivity contribution in [3.63, 3.8) is 0 Å². The van der Waals surface area contributed by atoms with E-state index in [4.69, 9.17) is 5.73 Å². The van der Waals surface area contributed by atoms with Crippen molar-refractivity contribution in [1.82, 2.24) is 9.29 Å². The van der Waals surface area contributed by atoms with Crippen LogP contribution >= 0.6 is 0 Å². The second-order valence-electron chi connectivity index (χ2n) is 5.80. The number of benzene rings is 1. The quantitative estimate of drug-likeness (QED) is 0.897. The van der Waals surface area contributed by atoms with Crippen molar-refractivity contribution in [3.8, 4) is 0 Å². The van der Waals surface area contributed by atoms with Crippen molar-refractivity contribution in [2.24, 2.45) is 12.8 Å². The summed E-state index contributed by atoms with van der Waals surface area (Å²) < 4.78 is 29.6. The molecule has 20 heavy (non-hydrogen) atoms. The van der Waals surface area contributed by atoms with Gasteiger partial charge in [-0.1, -0.05) is 18.2 Å². The van der Waals surface area contributed by atoms with Crippen LogP contribution in [0.25, 0.3) is 10.9 Å². The summed E-state index contributed by atoms with van der Waals surface area (Å²) in [7, 11) is -1.72. The normalized spacial score (nSPS) is 13.1. The minimum absolute atomic E-state index is 0.192. The number of rotatable bonds is 4. The molecule has 0 saturated heterocycles. The molecule has 110 valence electrons. The van der Waals surface area contributed by atoms with Crippen LogP contribution in [0.4, 0.5) is 0 Å². The molecule has 0 aliphatic carbocycles. The number of nitrogens with zero attached hydrogens (tertiary/aromatic N) is 1. The number of aromatic nitrogens is 1. The molecule has 0 amide bonds. The molecule has 0 spiro atoms. The Bertz CT molecular complexity index is 740. The molecule has 5 nitrogen and oxygen atoms in total. The third-order valence-corrected chi connectivity index (χ3v) is 4.91. The molecule has 3 N–H and O–H groups in total. The van der Waals surface area contributed by atoms with Crippen molar-refractivity contribution in [3.05, 3.63) is 30.0 Å². The van der Waals surface area contributed by atoms with Gasteiger partial charge in [0.15, 0.2) is 0 Å². The summed E-state index contributed by atoms with van der Waals surface area (Å²) in [6.07, 6.45) is 0. The minimum atomic E-state index is -3.58. The third-order valence-electron chi connectivity index (χ3n) is 3.33. The molecule has 1 aromatic carbocycles. The third kappa shape index (κ3) is 2.72. The molecule has 0 unspecified atom stereocenters. The molecule has 0 fully saturated rings. The average molecular weight is 295 g/mol. The Labute approximate surface area is 119 Å². The molecule has 0 radical (unpaired) electrons. The number of para-hydroxylation sites is 1. The molecule has 0 aliphatic heterocycles. The fraction of sp³-hybridized carbons (Fsp3) is 0.429. The molecule has 0 atom stereocenters. The Kier molecular flexibility index (Phi) is 3.66. The second kappa shape index (κ2) is 4.87. The number of hydrogen-bond acceptors (Lipinski definition) is 3. The van der Waals surface area contributed by atoms with Crippen molar-refractivity contribution < 1.29 is 8.42 Å². The lowest BCUT2D eigenvalue weighted by Crippen LogP contribution is -2.45. The summed E-state index contributed by atoms with van der Waals surface area (Å²) in [5.74, 6) is 0. The van der Waals surface area contributed by atoms with Gasteiger partial charge in [0.2, 0.25) is 10.0 Å². The van der Waals surface area contributed by atoms with Crippen molar-refractivity contribution in [1.29, 1.82) is 0 Å². The van der Waals surface area contributed by atoms with Crippen LogP contribution in [0.15, 0.2) is 29.2 Å². The summed E-state index contributed by atoms with van der Waals surface area (Å²) in [6.45, 7) is 5.57. The average Bonchev–Trinajstić information content (AvgIpc) is 2.60. The number of nitrogens with one attached hydrogen (secondary N) is 1. The number of sulfonamides is 1. The van der Waals surface area contributed by atoms with Gasteiger partial charge in [-0.05, 0) is 26.8 Å². The number of hydrogen-bond donors (Lipinski definition) is 2. The zero-order valence-electron chi connectivity index (χ0n) is 12.3. The Balaban J connectivity index is 2.55. The highest BCUT2D eigenvalue weighted by atomic mass is 32.2. The van der Waals surface area contributed by atoms with Crippen molar-refractivity contribution in [2.45, 2.75) is 31.2 Å². The summed E-state index contributed by atoms with van der Waals surface area (Å²) in [5.41, 5.74) is 6.87. The molecule has 2 aromatic rings. The van der Waals surface area contributed by atoms with Crippen LogP contribution in [-0.2, 0) is 17.1 Å². The largest absolute Gasteiger partial charge is 0.347 e. The maximum Gasteiger partial charge on any atom is 0.243 e. The van der Waals surface area contributed by atoms with Crippen LogP contribution in [0.3, 0.4) is 0 Å². The van der Waals surface area contributed by atoms with E-state index >= 15 is 0 Å². The first-order chi connectivity index (χ1) is 9.13. The van der Waals surface area contributed by atoms with Gasteiger partial charge in [0.1, 0.15) is 4.90 Å². The minimum Gasteiger partial charge on any atom is -0.347 e. The molecule has 2 rings (SSSR count). The highest BCUT2D eigenvalue weighted by molar-refractivity contribution is 7.89. The standard InChI is InChI=1S/C14H21N3O2S/c1-10-13(20(18,19)16-9-14(2,3)15)11-7-5-6-8-12(11)17(10)4/h5-8,16H,9,15H2,1-4H3. The second-order valence-corrected chi connectivity index (χ2v) is 7.51. The number of fused-ring (bicyclic) bond motifs is 1. The first-order valence-corrected chi connectivity index (χ1v) is 7.94. The Morgan fingerprint density at radius 1 is 1.30 bits per heavy atom. The lowest BCUT2D eigenvalue weighted by molar-refractivity contribution is 0.498. The molecular weight excluding hydrogens is 274 g/mol. The van der Waals surface area contributed by atoms with Crippen LogP contribution in [0.2, 0.25) is 0 Å². The van der Waals surface area contributed by atoms with E-state index in [0.717, 1.165) is 10.9 Å². The molecule has 0 saturated carbocycles. The maximum atomic E-state index is 12.5. The van der Waals surface area contributed by atoms with E-state index in [0.29, 0.717) is 10.6 Å². The topological polar surface area (TPSA) is 77.1 Å².